The van der Waals surface area contributed by atoms with Crippen LogP contribution in [0.25, 0.3) is 0 Å². The van der Waals surface area contributed by atoms with Crippen molar-refractivity contribution in [2.24, 2.45) is 23.7 Å². The Bertz CT molecular complexity index is 2080. The second-order valence-corrected chi connectivity index (χ2v) is 18.4. The van der Waals surface area contributed by atoms with E-state index in [1.165, 1.54) is 25.3 Å². The maximum atomic E-state index is 15.0. The molecule has 0 bridgehead atoms. The number of benzene rings is 3. The number of rotatable bonds is 14. The van der Waals surface area contributed by atoms with Crippen LogP contribution in [-0.4, -0.2) is 89.6 Å². The molecule has 0 radical (unpaired) electrons. The molecule has 0 aromatic heterocycles. The molecule has 312 valence electrons. The molecule has 0 unspecified atom stereocenters. The van der Waals surface area contributed by atoms with Gasteiger partial charge in [0.15, 0.2) is 0 Å². The summed E-state index contributed by atoms with van der Waals surface area (Å²) < 4.78 is 87.9. The van der Waals surface area contributed by atoms with Gasteiger partial charge < -0.3 is 24.8 Å². The van der Waals surface area contributed by atoms with E-state index >= 15 is 4.39 Å². The van der Waals surface area contributed by atoms with Crippen LogP contribution < -0.4 is 10.2 Å². The van der Waals surface area contributed by atoms with Crippen LogP contribution in [0.2, 0.25) is 0 Å². The predicted molar refractivity (Wildman–Crippen MR) is 214 cm³/mol. The van der Waals surface area contributed by atoms with E-state index in [2.05, 4.69) is 32.7 Å². The van der Waals surface area contributed by atoms with Crippen LogP contribution in [0.4, 0.5) is 28.9 Å². The number of nitrogens with one attached hydrogen (secondary N) is 1. The summed E-state index contributed by atoms with van der Waals surface area (Å²) >= 11 is 0. The van der Waals surface area contributed by atoms with Gasteiger partial charge >= 0.3 is 12.1 Å². The Hall–Kier alpha value is -4.27. The second-order valence-electron chi connectivity index (χ2n) is 16.5. The van der Waals surface area contributed by atoms with Crippen molar-refractivity contribution in [3.63, 3.8) is 0 Å². The Labute approximate surface area is 338 Å². The van der Waals surface area contributed by atoms with Crippen LogP contribution in [0.15, 0.2) is 89.2 Å². The van der Waals surface area contributed by atoms with Crippen molar-refractivity contribution in [3.05, 3.63) is 96.3 Å². The summed E-state index contributed by atoms with van der Waals surface area (Å²) in [7, 11) is -2.74. The number of esters is 1. The number of anilines is 2. The maximum absolute atomic E-state index is 15.0. The molecule has 4 aliphatic rings. The average Bonchev–Trinajstić information content (AvgIpc) is 3.64. The second kappa shape index (κ2) is 17.1. The maximum Gasteiger partial charge on any atom is 0.418 e. The summed E-state index contributed by atoms with van der Waals surface area (Å²) in [5.41, 5.74) is -0.185. The van der Waals surface area contributed by atoms with Gasteiger partial charge in [0, 0.05) is 49.6 Å². The Kier molecular flexibility index (Phi) is 12.4. The lowest BCUT2D eigenvalue weighted by molar-refractivity contribution is -0.142. The quantitative estimate of drug-likeness (QED) is 0.101. The van der Waals surface area contributed by atoms with Crippen molar-refractivity contribution in [3.8, 4) is 0 Å². The third-order valence-corrected chi connectivity index (χ3v) is 14.9. The number of amides is 1. The number of sulfone groups is 1. The van der Waals surface area contributed by atoms with Crippen molar-refractivity contribution < 1.29 is 40.3 Å². The van der Waals surface area contributed by atoms with E-state index in [-0.39, 0.29) is 38.8 Å². The minimum atomic E-state index is -4.81. The van der Waals surface area contributed by atoms with Crippen LogP contribution in [-0.2, 0) is 35.8 Å². The molecule has 4 fully saturated rings. The molecule has 3 saturated heterocycles. The molecule has 3 aromatic carbocycles. The minimum Gasteiger partial charge on any atom is -0.469 e. The molecular weight excluding hydrogens is 773 g/mol. The highest BCUT2D eigenvalue weighted by Crippen LogP contribution is 2.54. The number of likely N-dealkylation sites (tertiary alicyclic amines) is 2. The van der Waals surface area contributed by atoms with Crippen LogP contribution >= 0.6 is 0 Å². The van der Waals surface area contributed by atoms with Gasteiger partial charge in [-0.15, -0.1) is 0 Å². The lowest BCUT2D eigenvalue weighted by Crippen LogP contribution is -2.58. The van der Waals surface area contributed by atoms with E-state index in [0.717, 1.165) is 120 Å². The summed E-state index contributed by atoms with van der Waals surface area (Å²) in [6.07, 6.45) is 2.57. The molecule has 0 spiro atoms. The molecule has 7 rings (SSSR count). The van der Waals surface area contributed by atoms with E-state index in [1.54, 1.807) is 18.2 Å². The largest absolute Gasteiger partial charge is 0.469 e. The van der Waals surface area contributed by atoms with Gasteiger partial charge in [-0.1, -0.05) is 25.1 Å². The minimum absolute atomic E-state index is 0.0744. The number of alkyl halides is 3. The number of ether oxygens (including phenoxy) is 1. The smallest absolute Gasteiger partial charge is 0.418 e. The first-order valence-electron chi connectivity index (χ1n) is 20.2. The number of halogens is 4. The number of hydrogen-bond donors (Lipinski definition) is 1. The van der Waals surface area contributed by atoms with Gasteiger partial charge in [0.2, 0.25) is 15.7 Å². The fourth-order valence-electron chi connectivity index (χ4n) is 10.1. The summed E-state index contributed by atoms with van der Waals surface area (Å²) in [5, 5.41) is 2.07. The summed E-state index contributed by atoms with van der Waals surface area (Å²) in [6.45, 7) is 10.6. The molecular formula is C44H52F4N4O5S. The standard InChI is InChI=1S/C44H52F4N4O5S/c1-3-41(53)49-40-25-37(15-16-39(40)44(46,47)48)58(55,56)36-13-11-35(12-14-36)52-27-30(28-52)26-50-21-17-32(18-22-50)43(29-51-19-6-20-51,33-8-5-9-34(45)24-33)38-10-4-7-31(38)23-42(54)57-2/h3,5,8-9,11-16,24-25,30-32,38H,1,4,6-7,10,17-23,26-29H2,2H3,(H,49,53)/t31-,38+,43+/m1/s1. The zero-order chi connectivity index (χ0) is 41.2. The molecule has 3 aromatic rings. The van der Waals surface area contributed by atoms with Crippen LogP contribution in [0, 0.1) is 29.5 Å². The highest BCUT2D eigenvalue weighted by atomic mass is 32.2. The van der Waals surface area contributed by atoms with Gasteiger partial charge in [-0.2, -0.15) is 13.2 Å². The fraction of sp³-hybridized carbons (Fsp3) is 0.500. The van der Waals surface area contributed by atoms with Crippen molar-refractivity contribution in [2.75, 3.05) is 69.7 Å². The molecule has 3 atom stereocenters. The van der Waals surface area contributed by atoms with E-state index in [1.807, 2.05) is 6.07 Å². The zero-order valence-electron chi connectivity index (χ0n) is 32.9. The molecule has 9 nitrogen and oxygen atoms in total. The number of carbonyl (C=O) groups is 2. The van der Waals surface area contributed by atoms with E-state index in [0.29, 0.717) is 24.3 Å². The van der Waals surface area contributed by atoms with Crippen LogP contribution in [0.5, 0.6) is 0 Å². The number of piperidine rings is 1. The Morgan fingerprint density at radius 3 is 2.22 bits per heavy atom. The molecule has 14 heteroatoms. The molecule has 1 N–H and O–H groups in total. The fourth-order valence-corrected chi connectivity index (χ4v) is 11.4. The summed E-state index contributed by atoms with van der Waals surface area (Å²) in [6, 6.07) is 15.9. The van der Waals surface area contributed by atoms with E-state index in [4.69, 9.17) is 4.74 Å². The lowest BCUT2D eigenvalue weighted by atomic mass is 9.56. The summed E-state index contributed by atoms with van der Waals surface area (Å²) in [5.74, 6) is -0.0900. The molecule has 1 aliphatic carbocycles. The molecule has 3 aliphatic heterocycles. The Morgan fingerprint density at radius 2 is 1.60 bits per heavy atom. The van der Waals surface area contributed by atoms with Gasteiger partial charge in [0.05, 0.1) is 28.2 Å². The number of nitrogens with zero attached hydrogens (tertiary/aromatic N) is 3. The lowest BCUT2D eigenvalue weighted by Gasteiger charge is -2.54. The van der Waals surface area contributed by atoms with Gasteiger partial charge in [-0.25, -0.2) is 12.8 Å². The molecule has 3 heterocycles. The van der Waals surface area contributed by atoms with Crippen molar-refractivity contribution in [1.82, 2.24) is 9.80 Å². The third-order valence-electron chi connectivity index (χ3n) is 13.1. The normalized spacial score (nSPS) is 22.1. The van der Waals surface area contributed by atoms with Crippen LogP contribution in [0.3, 0.4) is 0 Å². The Morgan fingerprint density at radius 1 is 0.897 bits per heavy atom. The highest BCUT2D eigenvalue weighted by molar-refractivity contribution is 7.91. The molecule has 1 saturated carbocycles. The van der Waals surface area contributed by atoms with E-state index in [9.17, 15) is 31.2 Å². The monoisotopic (exact) mass is 824 g/mol. The van der Waals surface area contributed by atoms with Gasteiger partial charge in [0.25, 0.3) is 0 Å². The van der Waals surface area contributed by atoms with Gasteiger partial charge in [-0.3, -0.25) is 9.59 Å². The topological polar surface area (TPSA) is 99.3 Å². The van der Waals surface area contributed by atoms with Crippen molar-refractivity contribution in [1.29, 1.82) is 0 Å². The Balaban J connectivity index is 0.997. The van der Waals surface area contributed by atoms with Crippen molar-refractivity contribution in [2.45, 2.75) is 66.3 Å². The SMILES string of the molecule is C=CC(=O)Nc1cc(S(=O)(=O)c2ccc(N3CC(CN4CCC([C@@](CN5CCC5)(c5cccc(F)c5)[C@H]5CCC[C@@H]5CC(=O)OC)CC4)C3)cc2)ccc1C(F)(F)F. The summed E-state index contributed by atoms with van der Waals surface area (Å²) in [4.78, 5) is 31.2. The van der Waals surface area contributed by atoms with Crippen molar-refractivity contribution >= 4 is 33.1 Å². The molecule has 58 heavy (non-hydrogen) atoms. The van der Waals surface area contributed by atoms with Gasteiger partial charge in [-0.05, 0) is 142 Å². The van der Waals surface area contributed by atoms with Crippen LogP contribution in [0.1, 0.15) is 56.1 Å². The number of hydrogen-bond acceptors (Lipinski definition) is 8. The third kappa shape index (κ3) is 8.70. The first kappa shape index (κ1) is 41.9. The first-order chi connectivity index (χ1) is 27.7. The number of methoxy groups -OCH3 is 1. The van der Waals surface area contributed by atoms with Gasteiger partial charge in [0.1, 0.15) is 5.82 Å². The highest BCUT2D eigenvalue weighted by Gasteiger charge is 2.53. The first-order valence-corrected chi connectivity index (χ1v) is 21.7. The predicted octanol–water partition coefficient (Wildman–Crippen LogP) is 7.57. The zero-order valence-corrected chi connectivity index (χ0v) is 33.7. The average molecular weight is 825 g/mol. The number of carbonyl (C=O) groups excluding carboxylic acids is 2. The molecule has 1 amide bonds. The van der Waals surface area contributed by atoms with E-state index < -0.39 is 33.2 Å².